The molecule has 1 unspecified atom stereocenters. The van der Waals surface area contributed by atoms with Gasteiger partial charge in [-0.3, -0.25) is 4.79 Å². The normalized spacial score (nSPS) is 19.1. The third-order valence-electron chi connectivity index (χ3n) is 3.78. The van der Waals surface area contributed by atoms with Crippen LogP contribution in [0.25, 0.3) is 0 Å². The second-order valence-corrected chi connectivity index (χ2v) is 6.38. The van der Waals surface area contributed by atoms with Gasteiger partial charge in [0.05, 0.1) is 5.56 Å². The molecule has 1 aliphatic rings. The summed E-state index contributed by atoms with van der Waals surface area (Å²) in [7, 11) is 0. The summed E-state index contributed by atoms with van der Waals surface area (Å²) in [6, 6.07) is 4.65. The van der Waals surface area contributed by atoms with E-state index in [0.717, 1.165) is 19.4 Å². The molecule has 1 fully saturated rings. The number of carbonyl (C=O) groups is 1. The highest BCUT2D eigenvalue weighted by molar-refractivity contribution is 6.30. The van der Waals surface area contributed by atoms with Crippen LogP contribution in [0.4, 0.5) is 4.39 Å². The van der Waals surface area contributed by atoms with Gasteiger partial charge in [0.1, 0.15) is 5.82 Å². The van der Waals surface area contributed by atoms with Crippen LogP contribution >= 0.6 is 11.6 Å². The number of carbonyl (C=O) groups excluding carboxylic acids is 1. The molecule has 0 radical (unpaired) electrons. The lowest BCUT2D eigenvalue weighted by atomic mass is 9.97. The van der Waals surface area contributed by atoms with E-state index in [4.69, 9.17) is 11.6 Å². The average Bonchev–Trinajstić information content (AvgIpc) is 2.45. The van der Waals surface area contributed by atoms with E-state index in [1.165, 1.54) is 12.1 Å². The van der Waals surface area contributed by atoms with Crippen molar-refractivity contribution in [3.05, 3.63) is 34.6 Å². The zero-order valence-corrected chi connectivity index (χ0v) is 13.3. The minimum absolute atomic E-state index is 0.108. The van der Waals surface area contributed by atoms with Crippen molar-refractivity contribution in [2.75, 3.05) is 19.6 Å². The molecule has 1 aromatic rings. The fourth-order valence-corrected chi connectivity index (χ4v) is 2.81. The Bertz CT molecular complexity index is 507. The summed E-state index contributed by atoms with van der Waals surface area (Å²) >= 11 is 5.73. The van der Waals surface area contributed by atoms with Crippen LogP contribution < -0.4 is 5.32 Å². The number of nitrogens with zero attached hydrogens (tertiary/aromatic N) is 1. The van der Waals surface area contributed by atoms with E-state index in [-0.39, 0.29) is 11.5 Å². The Morgan fingerprint density at radius 1 is 1.52 bits per heavy atom. The fraction of sp³-hybridized carbons (Fsp3) is 0.562. The van der Waals surface area contributed by atoms with Crippen LogP contribution in [0.3, 0.4) is 0 Å². The van der Waals surface area contributed by atoms with E-state index in [1.807, 2.05) is 0 Å². The van der Waals surface area contributed by atoms with E-state index in [9.17, 15) is 9.18 Å². The van der Waals surface area contributed by atoms with Crippen molar-refractivity contribution in [1.29, 1.82) is 0 Å². The van der Waals surface area contributed by atoms with Gasteiger partial charge in [-0.15, -0.1) is 0 Å². The van der Waals surface area contributed by atoms with Gasteiger partial charge in [0.25, 0.3) is 5.91 Å². The molecule has 3 nitrogen and oxygen atoms in total. The van der Waals surface area contributed by atoms with Crippen LogP contribution in [-0.2, 0) is 0 Å². The first kappa shape index (κ1) is 16.2. The summed E-state index contributed by atoms with van der Waals surface area (Å²) in [6.45, 7) is 6.48. The molecule has 1 atom stereocenters. The van der Waals surface area contributed by atoms with Gasteiger partial charge in [0.15, 0.2) is 0 Å². The van der Waals surface area contributed by atoms with Gasteiger partial charge in [-0.25, -0.2) is 4.39 Å². The molecule has 21 heavy (non-hydrogen) atoms. The topological polar surface area (TPSA) is 32.3 Å². The predicted molar refractivity (Wildman–Crippen MR) is 83.2 cm³/mol. The minimum Gasteiger partial charge on any atom is -0.338 e. The SMILES string of the molecule is CC(C)NCC1CCCN(C(=O)c2ccc(Cl)cc2F)C1. The number of piperidine rings is 1. The zero-order chi connectivity index (χ0) is 15.4. The van der Waals surface area contributed by atoms with Crippen molar-refractivity contribution < 1.29 is 9.18 Å². The number of halogens is 2. The summed E-state index contributed by atoms with van der Waals surface area (Å²) in [5.74, 6) is -0.353. The molecule has 1 N–H and O–H groups in total. The van der Waals surface area contributed by atoms with Crippen LogP contribution in [0.5, 0.6) is 0 Å². The van der Waals surface area contributed by atoms with E-state index in [1.54, 1.807) is 11.0 Å². The molecule has 0 aliphatic carbocycles. The molecule has 0 bridgehead atoms. The number of nitrogens with one attached hydrogen (secondary N) is 1. The quantitative estimate of drug-likeness (QED) is 0.925. The smallest absolute Gasteiger partial charge is 0.256 e. The van der Waals surface area contributed by atoms with E-state index in [2.05, 4.69) is 19.2 Å². The lowest BCUT2D eigenvalue weighted by Crippen LogP contribution is -2.44. The zero-order valence-electron chi connectivity index (χ0n) is 12.5. The van der Waals surface area contributed by atoms with Gasteiger partial charge in [-0.1, -0.05) is 25.4 Å². The number of amides is 1. The van der Waals surface area contributed by atoms with Crippen molar-refractivity contribution >= 4 is 17.5 Å². The first-order chi connectivity index (χ1) is 9.97. The summed E-state index contributed by atoms with van der Waals surface area (Å²) in [4.78, 5) is 14.2. The molecule has 5 heteroatoms. The summed E-state index contributed by atoms with van der Waals surface area (Å²) in [5, 5.41) is 3.71. The monoisotopic (exact) mass is 312 g/mol. The molecule has 2 rings (SSSR count). The Morgan fingerprint density at radius 2 is 2.29 bits per heavy atom. The predicted octanol–water partition coefficient (Wildman–Crippen LogP) is 3.33. The molecule has 1 amide bonds. The van der Waals surface area contributed by atoms with Crippen molar-refractivity contribution in [1.82, 2.24) is 10.2 Å². The summed E-state index contributed by atoms with van der Waals surface area (Å²) in [6.07, 6.45) is 2.07. The number of benzene rings is 1. The largest absolute Gasteiger partial charge is 0.338 e. The van der Waals surface area contributed by atoms with Crippen molar-refractivity contribution in [2.45, 2.75) is 32.7 Å². The second-order valence-electron chi connectivity index (χ2n) is 5.95. The number of likely N-dealkylation sites (tertiary alicyclic amines) is 1. The maximum absolute atomic E-state index is 13.9. The maximum Gasteiger partial charge on any atom is 0.256 e. The van der Waals surface area contributed by atoms with Crippen LogP contribution in [-0.4, -0.2) is 36.5 Å². The standard InChI is InChI=1S/C16H22ClFN2O/c1-11(2)19-9-12-4-3-7-20(10-12)16(21)14-6-5-13(17)8-15(14)18/h5-6,8,11-12,19H,3-4,7,9-10H2,1-2H3. The molecule has 1 aliphatic heterocycles. The first-order valence-electron chi connectivity index (χ1n) is 7.45. The van der Waals surface area contributed by atoms with Crippen LogP contribution in [0.2, 0.25) is 5.02 Å². The molecular formula is C16H22ClFN2O. The minimum atomic E-state index is -0.546. The second kappa shape index (κ2) is 7.23. The van der Waals surface area contributed by atoms with Crippen LogP contribution in [0, 0.1) is 11.7 Å². The Kier molecular flexibility index (Phi) is 5.59. The van der Waals surface area contributed by atoms with Gasteiger partial charge >= 0.3 is 0 Å². The molecule has 116 valence electrons. The van der Waals surface area contributed by atoms with Gasteiger partial charge in [0.2, 0.25) is 0 Å². The molecular weight excluding hydrogens is 291 g/mol. The summed E-state index contributed by atoms with van der Waals surface area (Å²) < 4.78 is 13.9. The molecule has 1 aromatic carbocycles. The van der Waals surface area contributed by atoms with Crippen LogP contribution in [0.15, 0.2) is 18.2 Å². The van der Waals surface area contributed by atoms with Gasteiger partial charge in [-0.05, 0) is 43.5 Å². The number of rotatable bonds is 4. The van der Waals surface area contributed by atoms with Crippen molar-refractivity contribution in [3.8, 4) is 0 Å². The molecule has 1 heterocycles. The number of hydrogen-bond acceptors (Lipinski definition) is 2. The van der Waals surface area contributed by atoms with Crippen LogP contribution in [0.1, 0.15) is 37.0 Å². The van der Waals surface area contributed by atoms with E-state index >= 15 is 0 Å². The highest BCUT2D eigenvalue weighted by Gasteiger charge is 2.26. The Balaban J connectivity index is 2.01. The Labute approximate surface area is 130 Å². The molecule has 0 saturated carbocycles. The van der Waals surface area contributed by atoms with Gasteiger partial charge in [0, 0.05) is 24.2 Å². The van der Waals surface area contributed by atoms with E-state index in [0.29, 0.717) is 30.1 Å². The molecule has 0 spiro atoms. The number of hydrogen-bond donors (Lipinski definition) is 1. The molecule has 0 aromatic heterocycles. The third kappa shape index (κ3) is 4.42. The molecule has 1 saturated heterocycles. The average molecular weight is 313 g/mol. The Morgan fingerprint density at radius 3 is 2.95 bits per heavy atom. The van der Waals surface area contributed by atoms with Crippen molar-refractivity contribution in [3.63, 3.8) is 0 Å². The highest BCUT2D eigenvalue weighted by atomic mass is 35.5. The van der Waals surface area contributed by atoms with Crippen molar-refractivity contribution in [2.24, 2.45) is 5.92 Å². The van der Waals surface area contributed by atoms with Gasteiger partial charge < -0.3 is 10.2 Å². The maximum atomic E-state index is 13.9. The highest BCUT2D eigenvalue weighted by Crippen LogP contribution is 2.21. The lowest BCUT2D eigenvalue weighted by Gasteiger charge is -2.33. The first-order valence-corrected chi connectivity index (χ1v) is 7.83. The fourth-order valence-electron chi connectivity index (χ4n) is 2.65. The third-order valence-corrected chi connectivity index (χ3v) is 4.02. The summed E-state index contributed by atoms with van der Waals surface area (Å²) in [5.41, 5.74) is 0.108. The van der Waals surface area contributed by atoms with Gasteiger partial charge in [-0.2, -0.15) is 0 Å². The lowest BCUT2D eigenvalue weighted by molar-refractivity contribution is 0.0667. The Hall–Kier alpha value is -1.13. The van der Waals surface area contributed by atoms with E-state index < -0.39 is 5.82 Å².